The molecule has 0 spiro atoms. The van der Waals surface area contributed by atoms with E-state index in [4.69, 9.17) is 21.6 Å². The van der Waals surface area contributed by atoms with Crippen molar-refractivity contribution in [1.82, 2.24) is 9.69 Å². The highest BCUT2D eigenvalue weighted by Crippen LogP contribution is 2.33. The van der Waals surface area contributed by atoms with Crippen molar-refractivity contribution in [2.24, 2.45) is 0 Å². The molecule has 0 saturated heterocycles. The fourth-order valence-electron chi connectivity index (χ4n) is 2.11. The van der Waals surface area contributed by atoms with Gasteiger partial charge in [0.2, 0.25) is 5.06 Å². The summed E-state index contributed by atoms with van der Waals surface area (Å²) < 4.78 is 9.53. The summed E-state index contributed by atoms with van der Waals surface area (Å²) in [6.07, 6.45) is 0. The van der Waals surface area contributed by atoms with Gasteiger partial charge in [-0.25, -0.2) is 0 Å². The number of rotatable bonds is 5. The lowest BCUT2D eigenvalue weighted by atomic mass is 10.2. The number of halogens is 1. The predicted molar refractivity (Wildman–Crippen MR) is 96.0 cm³/mol. The van der Waals surface area contributed by atoms with E-state index >= 15 is 0 Å². The van der Waals surface area contributed by atoms with Gasteiger partial charge < -0.3 is 10.1 Å². The van der Waals surface area contributed by atoms with E-state index in [-0.39, 0.29) is 16.6 Å². The van der Waals surface area contributed by atoms with Crippen LogP contribution in [-0.4, -0.2) is 10.3 Å². The van der Waals surface area contributed by atoms with Crippen LogP contribution in [-0.2, 0) is 6.54 Å². The Balaban J connectivity index is 1.70. The van der Waals surface area contributed by atoms with Crippen molar-refractivity contribution in [1.29, 1.82) is 5.26 Å². The normalized spacial score (nSPS) is 10.1. The van der Waals surface area contributed by atoms with E-state index in [0.29, 0.717) is 22.9 Å². The third kappa shape index (κ3) is 4.15. The van der Waals surface area contributed by atoms with Crippen molar-refractivity contribution < 1.29 is 9.53 Å². The summed E-state index contributed by atoms with van der Waals surface area (Å²) in [4.78, 5) is 12.3. The van der Waals surface area contributed by atoms with Gasteiger partial charge in [-0.3, -0.25) is 4.79 Å². The van der Waals surface area contributed by atoms with Gasteiger partial charge in [0.1, 0.15) is 17.4 Å². The van der Waals surface area contributed by atoms with Crippen molar-refractivity contribution in [3.8, 4) is 16.9 Å². The highest BCUT2D eigenvalue weighted by Gasteiger charge is 2.14. The Labute approximate surface area is 153 Å². The van der Waals surface area contributed by atoms with Gasteiger partial charge in [0, 0.05) is 23.6 Å². The molecule has 0 aliphatic rings. The van der Waals surface area contributed by atoms with Gasteiger partial charge in [0.05, 0.1) is 0 Å². The lowest BCUT2D eigenvalue weighted by molar-refractivity contribution is 0.0950. The van der Waals surface area contributed by atoms with E-state index in [1.165, 1.54) is 0 Å². The van der Waals surface area contributed by atoms with Crippen LogP contribution >= 0.6 is 23.1 Å². The zero-order valence-electron chi connectivity index (χ0n) is 12.9. The maximum Gasteiger partial charge on any atom is 0.251 e. The van der Waals surface area contributed by atoms with Crippen LogP contribution in [0, 0.1) is 11.3 Å². The molecule has 0 aliphatic carbocycles. The second kappa shape index (κ2) is 7.79. The first-order valence-electron chi connectivity index (χ1n) is 7.32. The second-order valence-corrected chi connectivity index (χ2v) is 6.14. The second-order valence-electron chi connectivity index (χ2n) is 5.05. The van der Waals surface area contributed by atoms with E-state index < -0.39 is 0 Å². The first-order chi connectivity index (χ1) is 12.2. The number of aromatic nitrogens is 1. The summed E-state index contributed by atoms with van der Waals surface area (Å²) >= 11 is 6.82. The Morgan fingerprint density at radius 1 is 1.24 bits per heavy atom. The third-order valence-electron chi connectivity index (χ3n) is 3.33. The summed E-state index contributed by atoms with van der Waals surface area (Å²) in [6.45, 7) is 0.438. The Morgan fingerprint density at radius 3 is 2.80 bits per heavy atom. The molecule has 1 amide bonds. The van der Waals surface area contributed by atoms with E-state index in [0.717, 1.165) is 17.1 Å². The highest BCUT2D eigenvalue weighted by molar-refractivity contribution is 7.08. The van der Waals surface area contributed by atoms with Crippen LogP contribution in [0.4, 0.5) is 0 Å². The van der Waals surface area contributed by atoms with Crippen LogP contribution in [0.1, 0.15) is 21.5 Å². The predicted octanol–water partition coefficient (Wildman–Crippen LogP) is 4.39. The zero-order chi connectivity index (χ0) is 17.6. The number of carbonyl (C=O) groups excluding carboxylic acids is 1. The average molecular weight is 370 g/mol. The molecule has 0 radical (unpaired) electrons. The number of hydrogen-bond acceptors (Lipinski definition) is 5. The molecule has 1 aromatic heterocycles. The van der Waals surface area contributed by atoms with Crippen LogP contribution in [0.3, 0.4) is 0 Å². The van der Waals surface area contributed by atoms with Crippen LogP contribution in [0.15, 0.2) is 54.6 Å². The summed E-state index contributed by atoms with van der Waals surface area (Å²) in [5.41, 5.74) is 1.66. The lowest BCUT2D eigenvalue weighted by Crippen LogP contribution is -2.22. The van der Waals surface area contributed by atoms with Crippen LogP contribution in [0.25, 0.3) is 0 Å². The fraction of sp³-hybridized carbons (Fsp3) is 0.0556. The summed E-state index contributed by atoms with van der Waals surface area (Å²) in [7, 11) is 0. The zero-order valence-corrected chi connectivity index (χ0v) is 14.5. The van der Waals surface area contributed by atoms with E-state index in [2.05, 4.69) is 9.69 Å². The molecule has 0 saturated carbocycles. The quantitative estimate of drug-likeness (QED) is 0.723. The van der Waals surface area contributed by atoms with Gasteiger partial charge in [-0.1, -0.05) is 48.0 Å². The van der Waals surface area contributed by atoms with Gasteiger partial charge in [-0.15, -0.1) is 0 Å². The number of nitrogens with zero attached hydrogens (tertiary/aromatic N) is 2. The molecule has 5 nitrogen and oxygen atoms in total. The molecule has 0 atom stereocenters. The van der Waals surface area contributed by atoms with Gasteiger partial charge in [-0.05, 0) is 23.8 Å². The molecule has 25 heavy (non-hydrogen) atoms. The number of hydrogen-bond donors (Lipinski definition) is 1. The van der Waals surface area contributed by atoms with E-state index in [9.17, 15) is 4.79 Å². The van der Waals surface area contributed by atoms with Crippen molar-refractivity contribution in [2.45, 2.75) is 6.54 Å². The minimum atomic E-state index is -0.211. The Hall–Kier alpha value is -2.88. The summed E-state index contributed by atoms with van der Waals surface area (Å²) in [5.74, 6) is 0.223. The molecule has 2 aromatic carbocycles. The molecular formula is C18H12ClN3O2S. The highest BCUT2D eigenvalue weighted by atomic mass is 35.5. The molecular weight excluding hydrogens is 358 g/mol. The molecule has 1 N–H and O–H groups in total. The standard InChI is InChI=1S/C18H12ClN3O2S/c19-16-15(10-20)18(25-22-16)24-14-8-4-7-13(9-14)17(23)21-11-12-5-2-1-3-6-12/h1-9H,11H2,(H,21,23). The third-order valence-corrected chi connectivity index (χ3v) is 4.43. The SMILES string of the molecule is N#Cc1c(Cl)nsc1Oc1cccc(C(=O)NCc2ccccc2)c1. The molecule has 7 heteroatoms. The number of benzene rings is 2. The number of nitriles is 1. The Bertz CT molecular complexity index is 935. The van der Waals surface area contributed by atoms with Crippen molar-refractivity contribution >= 4 is 29.0 Å². The molecule has 124 valence electrons. The molecule has 3 aromatic rings. The van der Waals surface area contributed by atoms with Crippen molar-refractivity contribution in [3.63, 3.8) is 0 Å². The summed E-state index contributed by atoms with van der Waals surface area (Å²) in [6, 6.07) is 18.3. The Morgan fingerprint density at radius 2 is 2.04 bits per heavy atom. The smallest absolute Gasteiger partial charge is 0.251 e. The van der Waals surface area contributed by atoms with Crippen LogP contribution < -0.4 is 10.1 Å². The van der Waals surface area contributed by atoms with E-state index in [1.54, 1.807) is 24.3 Å². The minimum Gasteiger partial charge on any atom is -0.444 e. The summed E-state index contributed by atoms with van der Waals surface area (Å²) in [5, 5.41) is 12.3. The van der Waals surface area contributed by atoms with Crippen molar-refractivity contribution in [3.05, 3.63) is 76.4 Å². The Kier molecular flexibility index (Phi) is 5.29. The molecule has 1 heterocycles. The number of amides is 1. The fourth-order valence-corrected chi connectivity index (χ4v) is 3.02. The number of ether oxygens (including phenoxy) is 1. The van der Waals surface area contributed by atoms with Crippen molar-refractivity contribution in [2.75, 3.05) is 0 Å². The van der Waals surface area contributed by atoms with Gasteiger partial charge in [0.25, 0.3) is 5.91 Å². The first-order valence-corrected chi connectivity index (χ1v) is 8.48. The van der Waals surface area contributed by atoms with Gasteiger partial charge in [-0.2, -0.15) is 9.64 Å². The van der Waals surface area contributed by atoms with Gasteiger partial charge >= 0.3 is 0 Å². The molecule has 0 aliphatic heterocycles. The molecule has 0 bridgehead atoms. The monoisotopic (exact) mass is 369 g/mol. The molecule has 3 rings (SSSR count). The van der Waals surface area contributed by atoms with Crippen LogP contribution in [0.5, 0.6) is 10.8 Å². The molecule has 0 fully saturated rings. The van der Waals surface area contributed by atoms with Crippen LogP contribution in [0.2, 0.25) is 5.15 Å². The topological polar surface area (TPSA) is 75.0 Å². The van der Waals surface area contributed by atoms with Gasteiger partial charge in [0.15, 0.2) is 5.15 Å². The lowest BCUT2D eigenvalue weighted by Gasteiger charge is -2.07. The van der Waals surface area contributed by atoms with E-state index in [1.807, 2.05) is 36.4 Å². The first kappa shape index (κ1) is 17.0. The average Bonchev–Trinajstić information content (AvgIpc) is 3.00. The molecule has 0 unspecified atom stereocenters. The number of carbonyl (C=O) groups is 1. The number of nitrogens with one attached hydrogen (secondary N) is 1. The largest absolute Gasteiger partial charge is 0.444 e. The minimum absolute atomic E-state index is 0.110. The maximum atomic E-state index is 12.3. The maximum absolute atomic E-state index is 12.3.